The van der Waals surface area contributed by atoms with Gasteiger partial charge in [-0.2, -0.15) is 0 Å². The second kappa shape index (κ2) is 41.9. The molecule has 0 radical (unpaired) electrons. The van der Waals surface area contributed by atoms with Gasteiger partial charge in [-0.05, 0) is 44.9 Å². The van der Waals surface area contributed by atoms with Crippen LogP contribution in [-0.2, 0) is 32.7 Å². The quantitative estimate of drug-likeness (QED) is 0.0209. The second-order valence-corrected chi connectivity index (χ2v) is 19.1. The van der Waals surface area contributed by atoms with Gasteiger partial charge in [0.05, 0.1) is 33.9 Å². The normalized spacial score (nSPS) is 14.4. The molecule has 0 aliphatic rings. The van der Waals surface area contributed by atoms with Gasteiger partial charge in [0.25, 0.3) is 7.82 Å². The highest BCUT2D eigenvalue weighted by Crippen LogP contribution is 2.38. The Balaban J connectivity index is 4.38. The summed E-state index contributed by atoms with van der Waals surface area (Å²) in [5.41, 5.74) is 0. The second-order valence-electron chi connectivity index (χ2n) is 17.7. The van der Waals surface area contributed by atoms with E-state index in [0.717, 1.165) is 57.8 Å². The summed E-state index contributed by atoms with van der Waals surface area (Å²) in [6.07, 6.45) is 46.3. The Morgan fingerprint density at radius 1 is 0.590 bits per heavy atom. The van der Waals surface area contributed by atoms with Crippen molar-refractivity contribution < 1.29 is 47.2 Å². The molecule has 3 atom stereocenters. The van der Waals surface area contributed by atoms with Crippen LogP contribution in [0.5, 0.6) is 0 Å². The number of unbranched alkanes of at least 4 members (excludes halogenated alkanes) is 20. The van der Waals surface area contributed by atoms with Crippen LogP contribution >= 0.6 is 7.82 Å². The summed E-state index contributed by atoms with van der Waals surface area (Å²) in [6.45, 7) is 4.01. The number of esters is 2. The number of nitrogens with zero attached hydrogens (tertiary/aromatic N) is 1. The first-order valence-corrected chi connectivity index (χ1v) is 25.9. The lowest BCUT2D eigenvalue weighted by Crippen LogP contribution is -2.37. The summed E-state index contributed by atoms with van der Waals surface area (Å²) in [6, 6.07) is 0. The first-order valence-electron chi connectivity index (χ1n) is 24.4. The van der Waals surface area contributed by atoms with Crippen molar-refractivity contribution in [3.63, 3.8) is 0 Å². The maximum atomic E-state index is 12.7. The van der Waals surface area contributed by atoms with Crippen molar-refractivity contribution in [3.05, 3.63) is 48.6 Å². The van der Waals surface area contributed by atoms with E-state index < -0.39 is 32.5 Å². The molecule has 0 amide bonds. The van der Waals surface area contributed by atoms with Crippen LogP contribution in [0, 0.1) is 0 Å². The van der Waals surface area contributed by atoms with Crippen LogP contribution in [0.1, 0.15) is 200 Å². The van der Waals surface area contributed by atoms with Crippen LogP contribution < -0.4 is 4.89 Å². The predicted molar refractivity (Wildman–Crippen MR) is 251 cm³/mol. The van der Waals surface area contributed by atoms with E-state index in [1.165, 1.54) is 103 Å². The van der Waals surface area contributed by atoms with Crippen molar-refractivity contribution in [3.8, 4) is 0 Å². The van der Waals surface area contributed by atoms with E-state index in [1.807, 2.05) is 45.4 Å². The third-order valence-corrected chi connectivity index (χ3v) is 11.4. The van der Waals surface area contributed by atoms with E-state index in [1.54, 1.807) is 0 Å². The number of ether oxygens (including phenoxy) is 2. The standard InChI is InChI=1S/C50H92NO9P/c1-6-8-10-11-12-13-14-15-16-17-18-19-20-21-25-28-31-34-37-41-49(53)57-45-48(46-59-61(55,56)58-44-43-51(3,4)5)60-50(54)42-38-35-32-29-26-23-22-24-27-30-33-36-40-47(52)39-9-7-2/h22-23,27,29-30,32,36,40,47-48,52H,6-21,24-26,28,31,33-35,37-39,41-46H2,1-5H3/b23-22-,30-27-,32-29-,40-36-/t47-,48-/m1/s1. The molecule has 61 heavy (non-hydrogen) atoms. The third kappa shape index (κ3) is 45.8. The van der Waals surface area contributed by atoms with Gasteiger partial charge >= 0.3 is 11.9 Å². The van der Waals surface area contributed by atoms with Gasteiger partial charge < -0.3 is 33.0 Å². The van der Waals surface area contributed by atoms with Gasteiger partial charge in [-0.3, -0.25) is 14.2 Å². The monoisotopic (exact) mass is 882 g/mol. The summed E-state index contributed by atoms with van der Waals surface area (Å²) >= 11 is 0. The number of likely N-dealkylation sites (N-methyl/N-ethyl adjacent to an activating group) is 1. The Morgan fingerprint density at radius 2 is 1.05 bits per heavy atom. The molecule has 0 aromatic rings. The largest absolute Gasteiger partial charge is 0.756 e. The number of rotatable bonds is 44. The lowest BCUT2D eigenvalue weighted by molar-refractivity contribution is -0.870. The summed E-state index contributed by atoms with van der Waals surface area (Å²) in [4.78, 5) is 37.6. The van der Waals surface area contributed by atoms with Crippen LogP contribution in [0.2, 0.25) is 0 Å². The van der Waals surface area contributed by atoms with Gasteiger partial charge in [0.1, 0.15) is 19.8 Å². The fraction of sp³-hybridized carbons (Fsp3) is 0.800. The Morgan fingerprint density at radius 3 is 1.56 bits per heavy atom. The topological polar surface area (TPSA) is 131 Å². The zero-order valence-electron chi connectivity index (χ0n) is 39.7. The van der Waals surface area contributed by atoms with Crippen molar-refractivity contribution >= 4 is 19.8 Å². The summed E-state index contributed by atoms with van der Waals surface area (Å²) in [5, 5.41) is 9.83. The van der Waals surface area contributed by atoms with Gasteiger partial charge in [-0.25, -0.2) is 0 Å². The molecule has 0 heterocycles. The molecule has 0 fully saturated rings. The first kappa shape index (κ1) is 58.9. The van der Waals surface area contributed by atoms with Crippen molar-refractivity contribution in [1.29, 1.82) is 0 Å². The molecule has 0 spiro atoms. The van der Waals surface area contributed by atoms with E-state index >= 15 is 0 Å². The average molecular weight is 882 g/mol. The molecule has 0 aliphatic heterocycles. The lowest BCUT2D eigenvalue weighted by Gasteiger charge is -2.28. The van der Waals surface area contributed by atoms with Crippen LogP contribution in [0.25, 0.3) is 0 Å². The minimum absolute atomic E-state index is 0.0485. The van der Waals surface area contributed by atoms with Gasteiger partial charge in [0.15, 0.2) is 6.10 Å². The Labute approximate surface area is 374 Å². The molecule has 0 aliphatic carbocycles. The van der Waals surface area contributed by atoms with Gasteiger partial charge in [-0.1, -0.05) is 191 Å². The van der Waals surface area contributed by atoms with E-state index in [0.29, 0.717) is 23.9 Å². The molecule has 0 bridgehead atoms. The number of hydrogen-bond acceptors (Lipinski definition) is 9. The van der Waals surface area contributed by atoms with Crippen molar-refractivity contribution in [2.45, 2.75) is 212 Å². The molecule has 11 heteroatoms. The number of aliphatic hydroxyl groups is 1. The molecular formula is C50H92NO9P. The van der Waals surface area contributed by atoms with Crippen LogP contribution in [-0.4, -0.2) is 81.2 Å². The lowest BCUT2D eigenvalue weighted by atomic mass is 10.0. The van der Waals surface area contributed by atoms with Crippen molar-refractivity contribution in [1.82, 2.24) is 0 Å². The van der Waals surface area contributed by atoms with E-state index in [-0.39, 0.29) is 32.2 Å². The number of phosphoric ester groups is 1. The highest BCUT2D eigenvalue weighted by atomic mass is 31.2. The molecule has 1 N–H and O–H groups in total. The molecule has 356 valence electrons. The number of allylic oxidation sites excluding steroid dienone is 7. The average Bonchev–Trinajstić information content (AvgIpc) is 3.21. The van der Waals surface area contributed by atoms with Crippen LogP contribution in [0.15, 0.2) is 48.6 Å². The summed E-state index contributed by atoms with van der Waals surface area (Å²) < 4.78 is 33.9. The highest BCUT2D eigenvalue weighted by Gasteiger charge is 2.21. The minimum atomic E-state index is -4.65. The van der Waals surface area contributed by atoms with E-state index in [4.69, 9.17) is 18.5 Å². The Kier molecular flexibility index (Phi) is 40.5. The zero-order valence-corrected chi connectivity index (χ0v) is 40.6. The Hall–Kier alpha value is -2.07. The molecule has 0 aromatic heterocycles. The minimum Gasteiger partial charge on any atom is -0.756 e. The summed E-state index contributed by atoms with van der Waals surface area (Å²) in [7, 11) is 1.11. The third-order valence-electron chi connectivity index (χ3n) is 10.4. The SMILES string of the molecule is CCCCCCCCCCCCCCCCCCCCCC(=O)OC[C@H](COP(=O)([O-])OCC[N+](C)(C)C)OC(=O)CCC/C=C\C/C=C\C/C=C\C/C=C\[C@H](O)CCCC. The highest BCUT2D eigenvalue weighted by molar-refractivity contribution is 7.45. The fourth-order valence-electron chi connectivity index (χ4n) is 6.55. The van der Waals surface area contributed by atoms with Crippen LogP contribution in [0.4, 0.5) is 0 Å². The van der Waals surface area contributed by atoms with Gasteiger partial charge in [-0.15, -0.1) is 0 Å². The number of hydrogen-bond donors (Lipinski definition) is 1. The van der Waals surface area contributed by atoms with Crippen LogP contribution in [0.3, 0.4) is 0 Å². The molecule has 0 saturated carbocycles. The van der Waals surface area contributed by atoms with Gasteiger partial charge in [0, 0.05) is 12.8 Å². The molecular weight excluding hydrogens is 790 g/mol. The molecule has 0 rings (SSSR count). The molecule has 0 aromatic carbocycles. The maximum absolute atomic E-state index is 12.7. The van der Waals surface area contributed by atoms with E-state index in [2.05, 4.69) is 38.2 Å². The fourth-order valence-corrected chi connectivity index (χ4v) is 7.28. The molecule has 0 saturated heterocycles. The number of carbonyl (C=O) groups is 2. The van der Waals surface area contributed by atoms with E-state index in [9.17, 15) is 24.2 Å². The molecule has 10 nitrogen and oxygen atoms in total. The maximum Gasteiger partial charge on any atom is 0.306 e. The smallest absolute Gasteiger partial charge is 0.306 e. The van der Waals surface area contributed by atoms with Crippen molar-refractivity contribution in [2.75, 3.05) is 47.5 Å². The Bertz CT molecular complexity index is 1200. The number of aliphatic hydroxyl groups excluding tert-OH is 1. The number of phosphoric acid groups is 1. The molecule has 1 unspecified atom stereocenters. The van der Waals surface area contributed by atoms with Gasteiger partial charge in [0.2, 0.25) is 0 Å². The van der Waals surface area contributed by atoms with Crippen molar-refractivity contribution in [2.24, 2.45) is 0 Å². The number of quaternary nitrogens is 1. The number of carbonyl (C=O) groups excluding carboxylic acids is 2. The first-order chi connectivity index (χ1) is 29.4. The zero-order chi connectivity index (χ0) is 45.1. The predicted octanol–water partition coefficient (Wildman–Crippen LogP) is 12.6. The summed E-state index contributed by atoms with van der Waals surface area (Å²) in [5.74, 6) is -0.917.